The quantitative estimate of drug-likeness (QED) is 0.124. The highest BCUT2D eigenvalue weighted by molar-refractivity contribution is 5.82. The molecule has 0 bridgehead atoms. The Morgan fingerprint density at radius 2 is 0.562 bits per heavy atom. The Kier molecular flexibility index (Phi) is 15.3. The molecule has 0 aliphatic carbocycles. The summed E-state index contributed by atoms with van der Waals surface area (Å²) in [5, 5.41) is 0. The van der Waals surface area contributed by atoms with Crippen LogP contribution in [-0.2, 0) is 0 Å². The number of nitrogens with zero attached hydrogens (tertiary/aromatic N) is 1. The average Bonchev–Trinajstić information content (AvgIpc) is 3.36. The number of benzene rings is 9. The van der Waals surface area contributed by atoms with E-state index < -0.39 is 0 Å². The Balaban J connectivity index is 0.000000189. The van der Waals surface area contributed by atoms with Gasteiger partial charge in [-0.15, -0.1) is 0 Å². The smallest absolute Gasteiger partial charge is 0.0462 e. The van der Waals surface area contributed by atoms with Gasteiger partial charge in [0.1, 0.15) is 0 Å². The Hall–Kier alpha value is -8.00. The van der Waals surface area contributed by atoms with Crippen molar-refractivity contribution < 1.29 is 0 Å². The SMILES string of the molecule is C=C/C=C(\C=C)c1ccc(N(c2ccc(-c3ccccc3)cc2)c2ccc(-c3ccc(C)cc3)cc2)cc1.Cc1ccc(-c2ccccc2)cc1.Cc1ccc(-c2ccccc2)cc1. The molecule has 0 fully saturated rings. The van der Waals surface area contributed by atoms with Gasteiger partial charge in [-0.3, -0.25) is 0 Å². The fraction of sp³-hybridized carbons (Fsp3) is 0.0476. The Bertz CT molecular complexity index is 2760. The van der Waals surface area contributed by atoms with E-state index in [1.54, 1.807) is 6.08 Å². The number of anilines is 3. The van der Waals surface area contributed by atoms with Gasteiger partial charge < -0.3 is 4.90 Å². The van der Waals surface area contributed by atoms with Crippen LogP contribution in [0.2, 0.25) is 0 Å². The summed E-state index contributed by atoms with van der Waals surface area (Å²) >= 11 is 0. The molecule has 0 unspecified atom stereocenters. The summed E-state index contributed by atoms with van der Waals surface area (Å²) in [5.74, 6) is 0. The lowest BCUT2D eigenvalue weighted by Gasteiger charge is -2.26. The van der Waals surface area contributed by atoms with Crippen molar-refractivity contribution >= 4 is 22.6 Å². The van der Waals surface area contributed by atoms with Gasteiger partial charge in [0.25, 0.3) is 0 Å². The first kappa shape index (κ1) is 44.1. The van der Waals surface area contributed by atoms with Crippen LogP contribution in [0, 0.1) is 20.8 Å². The molecular formula is C63H55N. The largest absolute Gasteiger partial charge is 0.311 e. The summed E-state index contributed by atoms with van der Waals surface area (Å²) in [6.07, 6.45) is 5.63. The minimum absolute atomic E-state index is 1.05. The zero-order valence-corrected chi connectivity index (χ0v) is 37.1. The first-order chi connectivity index (χ1) is 31.4. The van der Waals surface area contributed by atoms with Crippen molar-refractivity contribution in [2.24, 2.45) is 0 Å². The third kappa shape index (κ3) is 11.9. The van der Waals surface area contributed by atoms with Gasteiger partial charge in [0.05, 0.1) is 0 Å². The maximum atomic E-state index is 3.95. The molecule has 9 aromatic rings. The number of allylic oxidation sites excluding steroid dienone is 4. The fourth-order valence-electron chi connectivity index (χ4n) is 7.39. The van der Waals surface area contributed by atoms with Gasteiger partial charge in [0.15, 0.2) is 0 Å². The number of hydrogen-bond acceptors (Lipinski definition) is 1. The highest BCUT2D eigenvalue weighted by atomic mass is 15.1. The zero-order chi connectivity index (χ0) is 44.5. The fourth-order valence-corrected chi connectivity index (χ4v) is 7.39. The van der Waals surface area contributed by atoms with Gasteiger partial charge in [-0.25, -0.2) is 0 Å². The molecular weight excluding hydrogens is 771 g/mol. The van der Waals surface area contributed by atoms with Crippen molar-refractivity contribution in [2.45, 2.75) is 20.8 Å². The predicted octanol–water partition coefficient (Wildman–Crippen LogP) is 17.9. The molecule has 0 saturated carbocycles. The van der Waals surface area contributed by atoms with Gasteiger partial charge in [-0.1, -0.05) is 248 Å². The van der Waals surface area contributed by atoms with Crippen molar-refractivity contribution in [2.75, 3.05) is 4.90 Å². The third-order valence-electron chi connectivity index (χ3n) is 11.0. The number of aryl methyl sites for hydroxylation is 3. The zero-order valence-electron chi connectivity index (χ0n) is 37.1. The van der Waals surface area contributed by atoms with Gasteiger partial charge >= 0.3 is 0 Å². The minimum Gasteiger partial charge on any atom is -0.311 e. The van der Waals surface area contributed by atoms with Crippen molar-refractivity contribution in [3.05, 3.63) is 290 Å². The number of hydrogen-bond donors (Lipinski definition) is 0. The molecule has 9 aromatic carbocycles. The van der Waals surface area contributed by atoms with Crippen molar-refractivity contribution in [3.8, 4) is 44.5 Å². The lowest BCUT2D eigenvalue weighted by atomic mass is 10.0. The molecule has 0 aromatic heterocycles. The summed E-state index contributed by atoms with van der Waals surface area (Å²) in [7, 11) is 0. The second-order valence-corrected chi connectivity index (χ2v) is 15.7. The van der Waals surface area contributed by atoms with Crippen LogP contribution < -0.4 is 4.90 Å². The molecule has 9 rings (SSSR count). The Morgan fingerprint density at radius 3 is 0.828 bits per heavy atom. The van der Waals surface area contributed by atoms with E-state index in [0.717, 1.165) is 28.2 Å². The molecule has 0 aliphatic rings. The second kappa shape index (κ2) is 22.2. The first-order valence-electron chi connectivity index (χ1n) is 21.8. The van der Waals surface area contributed by atoms with E-state index >= 15 is 0 Å². The molecule has 1 heteroatoms. The summed E-state index contributed by atoms with van der Waals surface area (Å²) < 4.78 is 0. The average molecular weight is 826 g/mol. The van der Waals surface area contributed by atoms with E-state index in [0.29, 0.717) is 0 Å². The molecule has 0 aliphatic heterocycles. The molecule has 0 spiro atoms. The van der Waals surface area contributed by atoms with Gasteiger partial charge in [-0.2, -0.15) is 0 Å². The van der Waals surface area contributed by atoms with Crippen molar-refractivity contribution in [1.82, 2.24) is 0 Å². The van der Waals surface area contributed by atoms with Crippen LogP contribution in [0.15, 0.2) is 268 Å². The van der Waals surface area contributed by atoms with Crippen LogP contribution in [0.25, 0.3) is 50.1 Å². The normalized spacial score (nSPS) is 10.6. The molecule has 64 heavy (non-hydrogen) atoms. The van der Waals surface area contributed by atoms with E-state index in [2.05, 4.69) is 257 Å². The maximum Gasteiger partial charge on any atom is 0.0462 e. The highest BCUT2D eigenvalue weighted by Crippen LogP contribution is 2.37. The van der Waals surface area contributed by atoms with Gasteiger partial charge in [-0.05, 0) is 113 Å². The Labute approximate surface area is 381 Å². The van der Waals surface area contributed by atoms with Crippen LogP contribution in [0.1, 0.15) is 22.3 Å². The molecule has 0 radical (unpaired) electrons. The van der Waals surface area contributed by atoms with Gasteiger partial charge in [0, 0.05) is 17.1 Å². The second-order valence-electron chi connectivity index (χ2n) is 15.7. The van der Waals surface area contributed by atoms with E-state index in [4.69, 9.17) is 0 Å². The number of rotatable bonds is 10. The van der Waals surface area contributed by atoms with E-state index in [-0.39, 0.29) is 0 Å². The monoisotopic (exact) mass is 825 g/mol. The minimum atomic E-state index is 1.05. The van der Waals surface area contributed by atoms with E-state index in [9.17, 15) is 0 Å². The highest BCUT2D eigenvalue weighted by Gasteiger charge is 2.14. The third-order valence-corrected chi connectivity index (χ3v) is 11.0. The molecule has 0 atom stereocenters. The van der Waals surface area contributed by atoms with Gasteiger partial charge in [0.2, 0.25) is 0 Å². The summed E-state index contributed by atoms with van der Waals surface area (Å²) in [4.78, 5) is 2.29. The molecule has 0 heterocycles. The van der Waals surface area contributed by atoms with Crippen LogP contribution >= 0.6 is 0 Å². The maximum absolute atomic E-state index is 3.95. The van der Waals surface area contributed by atoms with E-state index in [1.165, 1.54) is 61.2 Å². The topological polar surface area (TPSA) is 3.24 Å². The molecule has 1 nitrogen and oxygen atoms in total. The van der Waals surface area contributed by atoms with Crippen molar-refractivity contribution in [1.29, 1.82) is 0 Å². The predicted molar refractivity (Wildman–Crippen MR) is 278 cm³/mol. The molecule has 0 N–H and O–H groups in total. The molecule has 0 saturated heterocycles. The molecule has 312 valence electrons. The standard InChI is InChI=1S/C37H31N.2C13H12/c1-4-9-29(5-2)31-16-22-35(23-17-31)38(36-24-18-33(19-25-36)30-10-7-6-8-11-30)37-26-20-34(21-27-37)32-14-12-28(3)13-15-32;2*1-11-7-9-13(10-8-11)12-5-3-2-4-6-12/h4-27H,1-2H2,3H3;2*2-10H,1H3/b29-9+;;. The lowest BCUT2D eigenvalue weighted by Crippen LogP contribution is -2.09. The summed E-state index contributed by atoms with van der Waals surface area (Å²) in [6, 6.07) is 83.3. The van der Waals surface area contributed by atoms with Crippen LogP contribution in [-0.4, -0.2) is 0 Å². The van der Waals surface area contributed by atoms with Crippen molar-refractivity contribution in [3.63, 3.8) is 0 Å². The van der Waals surface area contributed by atoms with E-state index in [1.807, 2.05) is 30.4 Å². The summed E-state index contributed by atoms with van der Waals surface area (Å²) in [6.45, 7) is 14.1. The van der Waals surface area contributed by atoms with Crippen LogP contribution in [0.5, 0.6) is 0 Å². The molecule has 0 amide bonds. The first-order valence-corrected chi connectivity index (χ1v) is 21.8. The summed E-state index contributed by atoms with van der Waals surface area (Å²) in [5.41, 5.74) is 19.3. The van der Waals surface area contributed by atoms with Crippen LogP contribution in [0.4, 0.5) is 17.1 Å². The Morgan fingerprint density at radius 1 is 0.312 bits per heavy atom. The van der Waals surface area contributed by atoms with Crippen LogP contribution in [0.3, 0.4) is 0 Å². The lowest BCUT2D eigenvalue weighted by molar-refractivity contribution is 1.28.